The Kier molecular flexibility index (Phi) is 5.12. The number of alkyl halides is 3. The molecule has 1 aromatic rings. The summed E-state index contributed by atoms with van der Waals surface area (Å²) in [6.07, 6.45) is -6.01. The molecule has 0 saturated carbocycles. The van der Waals surface area contributed by atoms with Crippen molar-refractivity contribution in [2.75, 3.05) is 12.3 Å². The van der Waals surface area contributed by atoms with Gasteiger partial charge in [0.15, 0.2) is 4.90 Å². The second kappa shape index (κ2) is 6.26. The number of hydrogen-bond donors (Lipinski definition) is 2. The van der Waals surface area contributed by atoms with Crippen molar-refractivity contribution in [3.63, 3.8) is 0 Å². The van der Waals surface area contributed by atoms with Gasteiger partial charge in [0.05, 0.1) is 4.92 Å². The van der Waals surface area contributed by atoms with E-state index in [1.807, 2.05) is 4.72 Å². The maximum Gasteiger partial charge on any atom is 0.389 e. The Morgan fingerprint density at radius 3 is 2.48 bits per heavy atom. The lowest BCUT2D eigenvalue weighted by Gasteiger charge is -2.09. The quantitative estimate of drug-likeness (QED) is 0.358. The van der Waals surface area contributed by atoms with Gasteiger partial charge in [0, 0.05) is 24.7 Å². The summed E-state index contributed by atoms with van der Waals surface area (Å²) in [5.74, 6) is 0. The highest BCUT2D eigenvalue weighted by Gasteiger charge is 2.28. The third kappa shape index (κ3) is 5.19. The van der Waals surface area contributed by atoms with Crippen molar-refractivity contribution in [3.05, 3.63) is 28.3 Å². The molecular formula is C10H12F3N3O4S. The number of sulfonamides is 1. The van der Waals surface area contributed by atoms with Crippen LogP contribution in [0, 0.1) is 10.1 Å². The number of halogens is 3. The van der Waals surface area contributed by atoms with Gasteiger partial charge in [-0.3, -0.25) is 10.1 Å². The predicted molar refractivity (Wildman–Crippen MR) is 68.0 cm³/mol. The molecule has 0 unspecified atom stereocenters. The van der Waals surface area contributed by atoms with Gasteiger partial charge in [-0.05, 0) is 18.6 Å². The predicted octanol–water partition coefficient (Wildman–Crippen LogP) is 1.80. The van der Waals surface area contributed by atoms with Gasteiger partial charge in [0.1, 0.15) is 0 Å². The zero-order valence-electron chi connectivity index (χ0n) is 10.6. The molecule has 118 valence electrons. The highest BCUT2D eigenvalue weighted by molar-refractivity contribution is 7.89. The minimum Gasteiger partial charge on any atom is -0.399 e. The molecule has 1 aromatic carbocycles. The molecular weight excluding hydrogens is 315 g/mol. The number of nitrogen functional groups attached to an aromatic ring is 1. The number of nitrogens with two attached hydrogens (primary N) is 1. The molecule has 0 aliphatic carbocycles. The first-order chi connectivity index (χ1) is 9.53. The van der Waals surface area contributed by atoms with Crippen LogP contribution >= 0.6 is 0 Å². The molecule has 1 rings (SSSR count). The van der Waals surface area contributed by atoms with Gasteiger partial charge in [-0.25, -0.2) is 13.1 Å². The number of rotatable bonds is 6. The average Bonchev–Trinajstić information content (AvgIpc) is 2.33. The number of nitrogens with one attached hydrogen (secondary N) is 1. The minimum atomic E-state index is -4.39. The second-order valence-electron chi connectivity index (χ2n) is 4.10. The first kappa shape index (κ1) is 17.2. The van der Waals surface area contributed by atoms with Crippen molar-refractivity contribution in [1.82, 2.24) is 4.72 Å². The van der Waals surface area contributed by atoms with E-state index in [9.17, 15) is 31.7 Å². The Morgan fingerprint density at radius 1 is 1.33 bits per heavy atom. The maximum absolute atomic E-state index is 11.9. The summed E-state index contributed by atoms with van der Waals surface area (Å²) in [7, 11) is -4.29. The van der Waals surface area contributed by atoms with Crippen LogP contribution in [0.4, 0.5) is 24.5 Å². The highest BCUT2D eigenvalue weighted by atomic mass is 32.2. The van der Waals surface area contributed by atoms with Gasteiger partial charge in [-0.15, -0.1) is 0 Å². The Labute approximate surface area is 118 Å². The molecule has 0 spiro atoms. The third-order valence-electron chi connectivity index (χ3n) is 2.40. The zero-order chi connectivity index (χ0) is 16.3. The van der Waals surface area contributed by atoms with Crippen LogP contribution in [0.2, 0.25) is 0 Å². The van der Waals surface area contributed by atoms with Gasteiger partial charge < -0.3 is 5.73 Å². The van der Waals surface area contributed by atoms with E-state index in [-0.39, 0.29) is 5.69 Å². The summed E-state index contributed by atoms with van der Waals surface area (Å²) in [5.41, 5.74) is 4.59. The van der Waals surface area contributed by atoms with E-state index in [2.05, 4.69) is 0 Å². The fourth-order valence-electron chi connectivity index (χ4n) is 1.48. The van der Waals surface area contributed by atoms with Crippen molar-refractivity contribution in [3.8, 4) is 0 Å². The number of nitrogens with zero attached hydrogens (tertiary/aromatic N) is 1. The molecule has 0 heterocycles. The van der Waals surface area contributed by atoms with E-state index in [0.29, 0.717) is 0 Å². The largest absolute Gasteiger partial charge is 0.399 e. The van der Waals surface area contributed by atoms with Crippen molar-refractivity contribution >= 4 is 21.4 Å². The SMILES string of the molecule is Nc1ccc(S(=O)(=O)NCCCC(F)(F)F)c([N+](=O)[O-])c1. The highest BCUT2D eigenvalue weighted by Crippen LogP contribution is 2.26. The third-order valence-corrected chi connectivity index (χ3v) is 3.91. The molecule has 3 N–H and O–H groups in total. The Balaban J connectivity index is 2.86. The second-order valence-corrected chi connectivity index (χ2v) is 5.84. The molecule has 0 aromatic heterocycles. The molecule has 7 nitrogen and oxygen atoms in total. The molecule has 11 heteroatoms. The number of nitro benzene ring substituents is 1. The lowest BCUT2D eigenvalue weighted by molar-refractivity contribution is -0.387. The normalized spacial score (nSPS) is 12.3. The molecule has 0 radical (unpaired) electrons. The Bertz CT molecular complexity index is 631. The van der Waals surface area contributed by atoms with Gasteiger partial charge in [0.25, 0.3) is 5.69 Å². The summed E-state index contributed by atoms with van der Waals surface area (Å²) in [5, 5.41) is 10.8. The van der Waals surface area contributed by atoms with E-state index in [0.717, 1.165) is 18.2 Å². The van der Waals surface area contributed by atoms with E-state index in [1.165, 1.54) is 0 Å². The number of benzene rings is 1. The number of hydrogen-bond acceptors (Lipinski definition) is 5. The molecule has 0 fully saturated rings. The van der Waals surface area contributed by atoms with Crippen LogP contribution in [0.1, 0.15) is 12.8 Å². The molecule has 21 heavy (non-hydrogen) atoms. The van der Waals surface area contributed by atoms with Gasteiger partial charge in [-0.1, -0.05) is 0 Å². The molecule has 0 amide bonds. The topological polar surface area (TPSA) is 115 Å². The van der Waals surface area contributed by atoms with Gasteiger partial charge in [0.2, 0.25) is 10.0 Å². The van der Waals surface area contributed by atoms with Crippen molar-refractivity contribution in [2.45, 2.75) is 23.9 Å². The van der Waals surface area contributed by atoms with E-state index in [4.69, 9.17) is 5.73 Å². The summed E-state index contributed by atoms with van der Waals surface area (Å²) < 4.78 is 61.4. The van der Waals surface area contributed by atoms with Gasteiger partial charge in [-0.2, -0.15) is 13.2 Å². The maximum atomic E-state index is 11.9. The molecule has 0 bridgehead atoms. The number of anilines is 1. The van der Waals surface area contributed by atoms with Gasteiger partial charge >= 0.3 is 6.18 Å². The fraction of sp³-hybridized carbons (Fsp3) is 0.400. The van der Waals surface area contributed by atoms with Crippen molar-refractivity contribution in [2.24, 2.45) is 0 Å². The summed E-state index contributed by atoms with van der Waals surface area (Å²) in [6.45, 7) is -0.483. The van der Waals surface area contributed by atoms with Crippen molar-refractivity contribution < 1.29 is 26.5 Å². The first-order valence-electron chi connectivity index (χ1n) is 5.63. The smallest absolute Gasteiger partial charge is 0.389 e. The van der Waals surface area contributed by atoms with Crippen molar-refractivity contribution in [1.29, 1.82) is 0 Å². The fourth-order valence-corrected chi connectivity index (χ4v) is 2.70. The average molecular weight is 327 g/mol. The summed E-state index contributed by atoms with van der Waals surface area (Å²) >= 11 is 0. The Hall–Kier alpha value is -1.88. The minimum absolute atomic E-state index is 0.00211. The van der Waals surface area contributed by atoms with E-state index < -0.39 is 51.1 Å². The lowest BCUT2D eigenvalue weighted by atomic mass is 10.3. The molecule has 0 atom stereocenters. The molecule has 0 aliphatic rings. The monoisotopic (exact) mass is 327 g/mol. The van der Waals surface area contributed by atoms with Crippen LogP contribution in [0.25, 0.3) is 0 Å². The zero-order valence-corrected chi connectivity index (χ0v) is 11.4. The van der Waals surface area contributed by atoms with E-state index >= 15 is 0 Å². The first-order valence-corrected chi connectivity index (χ1v) is 7.11. The summed E-state index contributed by atoms with van der Waals surface area (Å²) in [4.78, 5) is 9.22. The van der Waals surface area contributed by atoms with Crippen LogP contribution < -0.4 is 10.5 Å². The number of nitro groups is 1. The van der Waals surface area contributed by atoms with Crippen LogP contribution in [0.15, 0.2) is 23.1 Å². The van der Waals surface area contributed by atoms with Crippen LogP contribution in [-0.4, -0.2) is 26.1 Å². The standard InChI is InChI=1S/C10H12F3N3O4S/c11-10(12,13)4-1-5-15-21(19,20)9-3-2-7(14)6-8(9)16(17)18/h2-3,6,15H,1,4-5,14H2. The van der Waals surface area contributed by atoms with E-state index in [1.54, 1.807) is 0 Å². The van der Waals surface area contributed by atoms with Crippen LogP contribution in [0.3, 0.4) is 0 Å². The molecule has 0 aliphatic heterocycles. The van der Waals surface area contributed by atoms with Crippen LogP contribution in [0.5, 0.6) is 0 Å². The lowest BCUT2D eigenvalue weighted by Crippen LogP contribution is -2.26. The summed E-state index contributed by atoms with van der Waals surface area (Å²) in [6, 6.07) is 2.95. The molecule has 0 saturated heterocycles. The Morgan fingerprint density at radius 2 is 1.95 bits per heavy atom. The van der Waals surface area contributed by atoms with Crippen LogP contribution in [-0.2, 0) is 10.0 Å².